The van der Waals surface area contributed by atoms with E-state index in [4.69, 9.17) is 0 Å². The van der Waals surface area contributed by atoms with Crippen LogP contribution < -0.4 is 5.32 Å². The van der Waals surface area contributed by atoms with Gasteiger partial charge in [0, 0.05) is 32.6 Å². The van der Waals surface area contributed by atoms with E-state index in [1.807, 2.05) is 12.1 Å². The molecule has 0 unspecified atom stereocenters. The van der Waals surface area contributed by atoms with Crippen LogP contribution in [0.3, 0.4) is 0 Å². The van der Waals surface area contributed by atoms with Crippen molar-refractivity contribution in [2.75, 3.05) is 13.1 Å². The Morgan fingerprint density at radius 2 is 1.57 bits per heavy atom. The Morgan fingerprint density at radius 1 is 0.900 bits per heavy atom. The number of fused-ring (bicyclic) bond motifs is 1. The third-order valence-corrected chi connectivity index (χ3v) is 5.93. The fraction of sp³-hybridized carbons (Fsp3) is 0.346. The first-order valence-electron chi connectivity index (χ1n) is 10.9. The summed E-state index contributed by atoms with van der Waals surface area (Å²) < 4.78 is 0. The number of nitrogens with one attached hydrogen (secondary N) is 1. The van der Waals surface area contributed by atoms with Gasteiger partial charge in [0.2, 0.25) is 5.91 Å². The van der Waals surface area contributed by atoms with Crippen molar-refractivity contribution in [2.45, 2.75) is 44.9 Å². The molecule has 0 spiro atoms. The van der Waals surface area contributed by atoms with Gasteiger partial charge in [-0.25, -0.2) is 0 Å². The van der Waals surface area contributed by atoms with Crippen molar-refractivity contribution in [3.8, 4) is 0 Å². The first-order valence-corrected chi connectivity index (χ1v) is 10.9. The first-order chi connectivity index (χ1) is 14.7. The molecule has 0 saturated carbocycles. The first kappa shape index (κ1) is 20.6. The van der Waals surface area contributed by atoms with Crippen LogP contribution in [0.15, 0.2) is 66.7 Å². The zero-order valence-corrected chi connectivity index (χ0v) is 17.4. The number of amides is 1. The second-order valence-electron chi connectivity index (χ2n) is 8.28. The van der Waals surface area contributed by atoms with Gasteiger partial charge in [0.15, 0.2) is 0 Å². The molecule has 1 fully saturated rings. The van der Waals surface area contributed by atoms with E-state index in [1.165, 1.54) is 21.9 Å². The smallest absolute Gasteiger partial charge is 0.220 e. The van der Waals surface area contributed by atoms with Crippen molar-refractivity contribution in [2.24, 2.45) is 0 Å². The Balaban J connectivity index is 1.21. The number of carbonyl (C=O) groups excluding carboxylic acids is 1. The summed E-state index contributed by atoms with van der Waals surface area (Å²) in [5.74, 6) is 0.0825. The molecule has 0 radical (unpaired) electrons. The number of aryl methyl sites for hydroxylation is 1. The van der Waals surface area contributed by atoms with Gasteiger partial charge in [-0.15, -0.1) is 0 Å². The predicted molar refractivity (Wildman–Crippen MR) is 121 cm³/mol. The topological polar surface area (TPSA) is 52.6 Å². The van der Waals surface area contributed by atoms with Gasteiger partial charge in [0.25, 0.3) is 0 Å². The van der Waals surface area contributed by atoms with Crippen molar-refractivity contribution in [3.63, 3.8) is 0 Å². The van der Waals surface area contributed by atoms with Gasteiger partial charge in [-0.1, -0.05) is 66.7 Å². The number of likely N-dealkylation sites (tertiary alicyclic amines) is 1. The summed E-state index contributed by atoms with van der Waals surface area (Å²) >= 11 is 0. The van der Waals surface area contributed by atoms with Gasteiger partial charge < -0.3 is 10.4 Å². The largest absolute Gasteiger partial charge is 0.393 e. The van der Waals surface area contributed by atoms with Crippen LogP contribution in [-0.2, 0) is 24.3 Å². The van der Waals surface area contributed by atoms with E-state index in [0.29, 0.717) is 13.0 Å². The zero-order valence-electron chi connectivity index (χ0n) is 17.4. The van der Waals surface area contributed by atoms with Gasteiger partial charge >= 0.3 is 0 Å². The van der Waals surface area contributed by atoms with E-state index in [-0.39, 0.29) is 12.0 Å². The minimum Gasteiger partial charge on any atom is -0.393 e. The van der Waals surface area contributed by atoms with Crippen LogP contribution in [-0.4, -0.2) is 35.1 Å². The van der Waals surface area contributed by atoms with Gasteiger partial charge in [0.05, 0.1) is 6.10 Å². The van der Waals surface area contributed by atoms with E-state index in [0.717, 1.165) is 44.5 Å². The molecule has 1 aliphatic rings. The van der Waals surface area contributed by atoms with Gasteiger partial charge in [0.1, 0.15) is 0 Å². The van der Waals surface area contributed by atoms with E-state index >= 15 is 0 Å². The minimum atomic E-state index is -0.131. The van der Waals surface area contributed by atoms with Crippen molar-refractivity contribution in [1.29, 1.82) is 0 Å². The Labute approximate surface area is 178 Å². The normalized spacial score (nSPS) is 15.4. The molecule has 1 heterocycles. The average molecular weight is 403 g/mol. The molecule has 156 valence electrons. The minimum absolute atomic E-state index is 0.0825. The van der Waals surface area contributed by atoms with Gasteiger partial charge in [-0.3, -0.25) is 9.69 Å². The number of hydrogen-bond donors (Lipinski definition) is 2. The lowest BCUT2D eigenvalue weighted by Gasteiger charge is -2.29. The van der Waals surface area contributed by atoms with Gasteiger partial charge in [-0.05, 0) is 46.7 Å². The Hall–Kier alpha value is -2.69. The number of benzene rings is 3. The van der Waals surface area contributed by atoms with E-state index in [2.05, 4.69) is 64.8 Å². The molecule has 4 heteroatoms. The Morgan fingerprint density at radius 3 is 2.33 bits per heavy atom. The Bertz CT molecular complexity index is 976. The zero-order chi connectivity index (χ0) is 20.8. The lowest BCUT2D eigenvalue weighted by molar-refractivity contribution is -0.121. The molecule has 0 aliphatic carbocycles. The summed E-state index contributed by atoms with van der Waals surface area (Å²) in [4.78, 5) is 14.7. The SMILES string of the molecule is O=C(CCc1ccc2ccccc2c1)NCc1ccc(CN2CCC(O)CC2)cc1. The molecular formula is C26H30N2O2. The molecule has 2 N–H and O–H groups in total. The number of aliphatic hydroxyl groups excluding tert-OH is 1. The van der Waals surface area contributed by atoms with Crippen molar-refractivity contribution in [3.05, 3.63) is 83.4 Å². The fourth-order valence-electron chi connectivity index (χ4n) is 4.04. The second-order valence-corrected chi connectivity index (χ2v) is 8.28. The number of carbonyl (C=O) groups is 1. The highest BCUT2D eigenvalue weighted by Gasteiger charge is 2.16. The quantitative estimate of drug-likeness (QED) is 0.627. The number of aliphatic hydroxyl groups is 1. The number of nitrogens with zero attached hydrogens (tertiary/aromatic N) is 1. The molecule has 30 heavy (non-hydrogen) atoms. The summed E-state index contributed by atoms with van der Waals surface area (Å²) in [5.41, 5.74) is 3.59. The molecule has 4 nitrogen and oxygen atoms in total. The maximum absolute atomic E-state index is 12.3. The lowest BCUT2D eigenvalue weighted by atomic mass is 10.0. The molecule has 3 aromatic carbocycles. The summed E-state index contributed by atoms with van der Waals surface area (Å²) in [6.45, 7) is 3.39. The highest BCUT2D eigenvalue weighted by atomic mass is 16.3. The van der Waals surface area contributed by atoms with Crippen molar-refractivity contribution >= 4 is 16.7 Å². The van der Waals surface area contributed by atoms with Crippen LogP contribution in [0.25, 0.3) is 10.8 Å². The third-order valence-electron chi connectivity index (χ3n) is 5.93. The molecule has 0 bridgehead atoms. The van der Waals surface area contributed by atoms with Crippen molar-refractivity contribution < 1.29 is 9.90 Å². The Kier molecular flexibility index (Phi) is 6.77. The lowest BCUT2D eigenvalue weighted by Crippen LogP contribution is -2.35. The van der Waals surface area contributed by atoms with E-state index < -0.39 is 0 Å². The van der Waals surface area contributed by atoms with Gasteiger partial charge in [-0.2, -0.15) is 0 Å². The second kappa shape index (κ2) is 9.88. The standard InChI is InChI=1S/C26H30N2O2/c29-25-13-15-28(16-14-25)19-22-7-5-21(6-8-22)18-27-26(30)12-10-20-9-11-23-3-1-2-4-24(23)17-20/h1-9,11,17,25,29H,10,12-16,18-19H2,(H,27,30). The summed E-state index contributed by atoms with van der Waals surface area (Å²) in [6.07, 6.45) is 2.85. The van der Waals surface area contributed by atoms with Crippen LogP contribution in [0.1, 0.15) is 36.0 Å². The molecule has 0 atom stereocenters. The summed E-state index contributed by atoms with van der Waals surface area (Å²) in [5, 5.41) is 15.1. The van der Waals surface area contributed by atoms with E-state index in [9.17, 15) is 9.90 Å². The van der Waals surface area contributed by atoms with Crippen LogP contribution >= 0.6 is 0 Å². The number of hydrogen-bond acceptors (Lipinski definition) is 3. The van der Waals surface area contributed by atoms with Crippen LogP contribution in [0, 0.1) is 0 Å². The van der Waals surface area contributed by atoms with Crippen molar-refractivity contribution in [1.82, 2.24) is 10.2 Å². The molecular weight excluding hydrogens is 372 g/mol. The monoisotopic (exact) mass is 402 g/mol. The molecule has 4 rings (SSSR count). The molecule has 1 aliphatic heterocycles. The fourth-order valence-corrected chi connectivity index (χ4v) is 4.04. The summed E-state index contributed by atoms with van der Waals surface area (Å²) in [7, 11) is 0. The highest BCUT2D eigenvalue weighted by molar-refractivity contribution is 5.83. The van der Waals surface area contributed by atoms with Crippen LogP contribution in [0.4, 0.5) is 0 Å². The maximum Gasteiger partial charge on any atom is 0.220 e. The van der Waals surface area contributed by atoms with Crippen LogP contribution in [0.5, 0.6) is 0 Å². The maximum atomic E-state index is 12.3. The predicted octanol–water partition coefficient (Wildman–Crippen LogP) is 4.05. The highest BCUT2D eigenvalue weighted by Crippen LogP contribution is 2.17. The average Bonchev–Trinajstić information content (AvgIpc) is 2.78. The molecule has 1 amide bonds. The summed E-state index contributed by atoms with van der Waals surface area (Å²) in [6, 6.07) is 23.2. The molecule has 0 aromatic heterocycles. The third kappa shape index (κ3) is 5.68. The number of rotatable bonds is 7. The molecule has 1 saturated heterocycles. The molecule has 3 aromatic rings. The van der Waals surface area contributed by atoms with E-state index in [1.54, 1.807) is 0 Å². The number of piperidine rings is 1. The van der Waals surface area contributed by atoms with Crippen LogP contribution in [0.2, 0.25) is 0 Å².